The molecule has 0 saturated heterocycles. The lowest BCUT2D eigenvalue weighted by molar-refractivity contribution is -0.162. The average molecular weight is 455 g/mol. The summed E-state index contributed by atoms with van der Waals surface area (Å²) in [6.07, 6.45) is 7.52. The first kappa shape index (κ1) is 20.6. The van der Waals surface area contributed by atoms with Gasteiger partial charge in [0.05, 0.1) is 16.8 Å². The van der Waals surface area contributed by atoms with Gasteiger partial charge in [0, 0.05) is 30.4 Å². The van der Waals surface area contributed by atoms with Crippen molar-refractivity contribution in [2.45, 2.75) is 31.2 Å². The van der Waals surface area contributed by atoms with Gasteiger partial charge in [-0.15, -0.1) is 0 Å². The maximum Gasteiger partial charge on any atom is 0.254 e. The highest BCUT2D eigenvalue weighted by Crippen LogP contribution is 2.69. The molecule has 7 nitrogen and oxygen atoms in total. The van der Waals surface area contributed by atoms with Crippen molar-refractivity contribution in [3.05, 3.63) is 71.4 Å². The van der Waals surface area contributed by atoms with Crippen molar-refractivity contribution >= 4 is 23.3 Å². The summed E-state index contributed by atoms with van der Waals surface area (Å²) in [5.41, 5.74) is 0.149. The number of ether oxygens (including phenoxy) is 1. The Morgan fingerprint density at radius 1 is 1.22 bits per heavy atom. The number of nitrogens with zero attached hydrogens (tertiary/aromatic N) is 3. The molecule has 2 bridgehead atoms. The molecule has 32 heavy (non-hydrogen) atoms. The average Bonchev–Trinajstić information content (AvgIpc) is 3.23. The minimum absolute atomic E-state index is 0.00830. The molecule has 0 unspecified atom stereocenters. The molecule has 3 aliphatic rings. The van der Waals surface area contributed by atoms with Gasteiger partial charge in [-0.1, -0.05) is 17.7 Å². The van der Waals surface area contributed by atoms with Crippen molar-refractivity contribution < 1.29 is 18.7 Å². The molecule has 3 aliphatic carbocycles. The summed E-state index contributed by atoms with van der Waals surface area (Å²) in [6, 6.07) is 9.56. The molecule has 3 fully saturated rings. The lowest BCUT2D eigenvalue weighted by atomic mass is 9.38. The summed E-state index contributed by atoms with van der Waals surface area (Å²) in [7, 11) is 0. The number of hydrogen-bond acceptors (Lipinski definition) is 5. The van der Waals surface area contributed by atoms with Crippen LogP contribution >= 0.6 is 11.6 Å². The van der Waals surface area contributed by atoms with Gasteiger partial charge in [0.2, 0.25) is 0 Å². The second-order valence-electron chi connectivity index (χ2n) is 8.71. The van der Waals surface area contributed by atoms with Gasteiger partial charge in [-0.2, -0.15) is 5.10 Å². The van der Waals surface area contributed by atoms with Crippen LogP contribution in [0.25, 0.3) is 5.82 Å². The smallest absolute Gasteiger partial charge is 0.254 e. The molecule has 0 radical (unpaired) electrons. The monoisotopic (exact) mass is 454 g/mol. The van der Waals surface area contributed by atoms with Crippen molar-refractivity contribution in [1.82, 2.24) is 20.1 Å². The SMILES string of the molecule is O=C(COc1ccc(Cl)c(F)c1)CC12CC(NC(=O)c3cnn(-c4ccccn4)c3)(C1)C2. The van der Waals surface area contributed by atoms with E-state index in [4.69, 9.17) is 16.3 Å². The summed E-state index contributed by atoms with van der Waals surface area (Å²) in [6.45, 7) is -0.116. The maximum absolute atomic E-state index is 13.5. The highest BCUT2D eigenvalue weighted by atomic mass is 35.5. The number of Topliss-reactive ketones (excluding diaryl/α,β-unsaturated/α-hetero) is 1. The number of nitrogens with one attached hydrogen (secondary N) is 1. The highest BCUT2D eigenvalue weighted by molar-refractivity contribution is 6.30. The molecule has 1 N–H and O–H groups in total. The number of carbonyl (C=O) groups excluding carboxylic acids is 2. The van der Waals surface area contributed by atoms with Crippen molar-refractivity contribution in [1.29, 1.82) is 0 Å². The normalized spacial score (nSPS) is 23.1. The number of aromatic nitrogens is 3. The molecular formula is C23H20ClFN4O3. The van der Waals surface area contributed by atoms with E-state index in [-0.39, 0.29) is 40.0 Å². The minimum Gasteiger partial charge on any atom is -0.486 e. The van der Waals surface area contributed by atoms with E-state index in [1.807, 2.05) is 18.2 Å². The Kier molecular flexibility index (Phi) is 4.97. The van der Waals surface area contributed by atoms with Crippen LogP contribution in [0.5, 0.6) is 5.75 Å². The van der Waals surface area contributed by atoms with Crippen LogP contribution in [0.15, 0.2) is 55.0 Å². The Bertz CT molecular complexity index is 1180. The Labute approximate surface area is 188 Å². The third kappa shape index (κ3) is 3.86. The van der Waals surface area contributed by atoms with Crippen LogP contribution in [-0.4, -0.2) is 38.6 Å². The van der Waals surface area contributed by atoms with E-state index in [2.05, 4.69) is 15.4 Å². The molecule has 0 atom stereocenters. The first-order valence-electron chi connectivity index (χ1n) is 10.2. The minimum atomic E-state index is -0.584. The van der Waals surface area contributed by atoms with Gasteiger partial charge in [-0.25, -0.2) is 14.1 Å². The van der Waals surface area contributed by atoms with E-state index in [0.717, 1.165) is 25.3 Å². The number of carbonyl (C=O) groups is 2. The van der Waals surface area contributed by atoms with Crippen molar-refractivity contribution in [2.75, 3.05) is 6.61 Å². The second-order valence-corrected chi connectivity index (χ2v) is 9.11. The molecular weight excluding hydrogens is 435 g/mol. The van der Waals surface area contributed by atoms with Crippen LogP contribution in [0, 0.1) is 11.2 Å². The van der Waals surface area contributed by atoms with Gasteiger partial charge < -0.3 is 10.1 Å². The predicted molar refractivity (Wildman–Crippen MR) is 114 cm³/mol. The number of ketones is 1. The molecule has 1 aromatic carbocycles. The Morgan fingerprint density at radius 2 is 2.03 bits per heavy atom. The van der Waals surface area contributed by atoms with Crippen LogP contribution in [0.1, 0.15) is 36.0 Å². The highest BCUT2D eigenvalue weighted by Gasteiger charge is 2.68. The summed E-state index contributed by atoms with van der Waals surface area (Å²) >= 11 is 5.64. The third-order valence-electron chi connectivity index (χ3n) is 6.11. The molecule has 2 aromatic heterocycles. The zero-order valence-electron chi connectivity index (χ0n) is 17.1. The lowest BCUT2D eigenvalue weighted by Crippen LogP contribution is -2.75. The molecule has 2 heterocycles. The molecule has 164 valence electrons. The van der Waals surface area contributed by atoms with Crippen LogP contribution in [0.4, 0.5) is 4.39 Å². The van der Waals surface area contributed by atoms with Gasteiger partial charge in [0.1, 0.15) is 18.2 Å². The fourth-order valence-electron chi connectivity index (χ4n) is 4.89. The van der Waals surface area contributed by atoms with Crippen LogP contribution < -0.4 is 10.1 Å². The standard InChI is InChI=1S/C23H20ClFN4O3/c24-18-5-4-17(7-19(18)25)32-11-16(30)8-22-12-23(13-22,14-22)28-21(31)15-9-27-29(10-15)20-3-1-2-6-26-20/h1-7,9-10H,8,11-14H2,(H,28,31). The van der Waals surface area contributed by atoms with E-state index >= 15 is 0 Å². The molecule has 3 saturated carbocycles. The molecule has 1 amide bonds. The quantitative estimate of drug-likeness (QED) is 0.560. The summed E-state index contributed by atoms with van der Waals surface area (Å²) in [5, 5.41) is 7.31. The number of hydrogen-bond donors (Lipinski definition) is 1. The predicted octanol–water partition coefficient (Wildman–Crippen LogP) is 3.75. The van der Waals surface area contributed by atoms with Gasteiger partial charge in [-0.05, 0) is 48.9 Å². The first-order chi connectivity index (χ1) is 15.4. The van der Waals surface area contributed by atoms with Gasteiger partial charge in [0.15, 0.2) is 11.6 Å². The topological polar surface area (TPSA) is 86.1 Å². The molecule has 6 rings (SSSR count). The van der Waals surface area contributed by atoms with Crippen LogP contribution in [-0.2, 0) is 4.79 Å². The number of rotatable bonds is 8. The summed E-state index contributed by atoms with van der Waals surface area (Å²) in [5.74, 6) is 0.0988. The molecule has 0 spiro atoms. The van der Waals surface area contributed by atoms with Crippen LogP contribution in [0.2, 0.25) is 5.02 Å². The maximum atomic E-state index is 13.5. The van der Waals surface area contributed by atoms with Crippen LogP contribution in [0.3, 0.4) is 0 Å². The van der Waals surface area contributed by atoms with E-state index in [0.29, 0.717) is 17.8 Å². The fraction of sp³-hybridized carbons (Fsp3) is 0.304. The lowest BCUT2D eigenvalue weighted by Gasteiger charge is -2.70. The van der Waals surface area contributed by atoms with E-state index in [1.54, 1.807) is 17.1 Å². The zero-order chi connectivity index (χ0) is 22.3. The zero-order valence-corrected chi connectivity index (χ0v) is 17.8. The number of pyridine rings is 1. The fourth-order valence-corrected chi connectivity index (χ4v) is 5.00. The number of benzene rings is 1. The van der Waals surface area contributed by atoms with Crippen molar-refractivity contribution in [2.24, 2.45) is 5.41 Å². The second kappa shape index (κ2) is 7.70. The molecule has 3 aromatic rings. The molecule has 9 heteroatoms. The van der Waals surface area contributed by atoms with Gasteiger partial charge in [0.25, 0.3) is 5.91 Å². The number of amides is 1. The molecule has 0 aliphatic heterocycles. The third-order valence-corrected chi connectivity index (χ3v) is 6.42. The van der Waals surface area contributed by atoms with E-state index in [9.17, 15) is 14.0 Å². The Morgan fingerprint density at radius 3 is 2.75 bits per heavy atom. The van der Waals surface area contributed by atoms with Crippen molar-refractivity contribution in [3.63, 3.8) is 0 Å². The Balaban J connectivity index is 1.10. The van der Waals surface area contributed by atoms with E-state index in [1.165, 1.54) is 18.3 Å². The van der Waals surface area contributed by atoms with E-state index < -0.39 is 5.82 Å². The number of halogens is 2. The largest absolute Gasteiger partial charge is 0.486 e. The first-order valence-corrected chi connectivity index (χ1v) is 10.6. The van der Waals surface area contributed by atoms with Crippen molar-refractivity contribution in [3.8, 4) is 11.6 Å². The summed E-state index contributed by atoms with van der Waals surface area (Å²) in [4.78, 5) is 29.2. The summed E-state index contributed by atoms with van der Waals surface area (Å²) < 4.78 is 20.4. The Hall–Kier alpha value is -3.26. The van der Waals surface area contributed by atoms with Gasteiger partial charge >= 0.3 is 0 Å². The van der Waals surface area contributed by atoms with Gasteiger partial charge in [-0.3, -0.25) is 9.59 Å².